The van der Waals surface area contributed by atoms with Gasteiger partial charge in [-0.15, -0.1) is 0 Å². The third kappa shape index (κ3) is 38.8. The topological polar surface area (TPSA) is 175 Å². The first-order chi connectivity index (χ1) is 37.2. The summed E-state index contributed by atoms with van der Waals surface area (Å²) in [5.74, 6) is -1.35. The summed E-state index contributed by atoms with van der Waals surface area (Å²) in [5.41, 5.74) is 0. The van der Waals surface area contributed by atoms with Crippen molar-refractivity contribution in [1.29, 1.82) is 0 Å². The molecule has 0 bridgehead atoms. The van der Waals surface area contributed by atoms with Crippen LogP contribution in [0, 0.1) is 0 Å². The molecule has 0 spiro atoms. The smallest absolute Gasteiger partial charge is 0.306 e. The van der Waals surface area contributed by atoms with Crippen molar-refractivity contribution in [2.24, 2.45) is 0 Å². The zero-order chi connectivity index (χ0) is 55.4. The molecular formula is C65H101NO10. The molecule has 1 fully saturated rings. The Morgan fingerprint density at radius 1 is 0.539 bits per heavy atom. The molecule has 426 valence electrons. The van der Waals surface area contributed by atoms with Crippen LogP contribution in [0.3, 0.4) is 0 Å². The van der Waals surface area contributed by atoms with E-state index in [4.69, 9.17) is 14.2 Å². The molecule has 11 nitrogen and oxygen atoms in total. The Morgan fingerprint density at radius 2 is 1.00 bits per heavy atom. The highest BCUT2D eigenvalue weighted by atomic mass is 16.7. The van der Waals surface area contributed by atoms with E-state index in [1.165, 1.54) is 44.9 Å². The van der Waals surface area contributed by atoms with Crippen molar-refractivity contribution in [2.45, 2.75) is 224 Å². The van der Waals surface area contributed by atoms with Gasteiger partial charge >= 0.3 is 5.97 Å². The SMILES string of the molecule is CC\C=C/C=C/C=C/C=C\C=C\C=C\CCCCCC(=O)OC1C(OCC(NC(=O)C(O)C/C=C\C/C=C\C/C=C\C/C=C\C/C=C\C/C=C\CC)C(O)/C=C/CCCCCCCCCCCC)OC(CO)C(O)C1O. The van der Waals surface area contributed by atoms with E-state index in [-0.39, 0.29) is 19.4 Å². The second-order valence-electron chi connectivity index (χ2n) is 19.1. The molecule has 1 aliphatic rings. The maximum atomic E-state index is 13.4. The van der Waals surface area contributed by atoms with Crippen LogP contribution in [-0.4, -0.2) is 99.6 Å². The number of ether oxygens (including phenoxy) is 3. The number of carbonyl (C=O) groups is 2. The number of hydrogen-bond donors (Lipinski definition) is 6. The minimum Gasteiger partial charge on any atom is -0.454 e. The third-order valence-electron chi connectivity index (χ3n) is 12.3. The van der Waals surface area contributed by atoms with Crippen LogP contribution in [0.4, 0.5) is 0 Å². The molecule has 8 unspecified atom stereocenters. The van der Waals surface area contributed by atoms with Gasteiger partial charge in [0.25, 0.3) is 0 Å². The number of allylic oxidation sites excluding steroid dienone is 24. The highest BCUT2D eigenvalue weighted by molar-refractivity contribution is 5.81. The molecule has 1 aliphatic heterocycles. The third-order valence-corrected chi connectivity index (χ3v) is 12.3. The molecule has 1 rings (SSSR count). The van der Waals surface area contributed by atoms with E-state index in [0.717, 1.165) is 83.5 Å². The Bertz CT molecular complexity index is 1830. The fourth-order valence-electron chi connectivity index (χ4n) is 7.81. The zero-order valence-electron chi connectivity index (χ0n) is 46.8. The van der Waals surface area contributed by atoms with Gasteiger partial charge in [-0.3, -0.25) is 9.59 Å². The summed E-state index contributed by atoms with van der Waals surface area (Å²) in [7, 11) is 0. The van der Waals surface area contributed by atoms with Crippen molar-refractivity contribution >= 4 is 11.9 Å². The van der Waals surface area contributed by atoms with Gasteiger partial charge in [0.15, 0.2) is 12.4 Å². The van der Waals surface area contributed by atoms with Gasteiger partial charge < -0.3 is 45.1 Å². The lowest BCUT2D eigenvalue weighted by atomic mass is 9.99. The van der Waals surface area contributed by atoms with E-state index >= 15 is 0 Å². The molecule has 0 aliphatic carbocycles. The summed E-state index contributed by atoms with van der Waals surface area (Å²) in [6.07, 6.45) is 64.4. The van der Waals surface area contributed by atoms with Crippen molar-refractivity contribution < 1.29 is 49.3 Å². The maximum Gasteiger partial charge on any atom is 0.306 e. The van der Waals surface area contributed by atoms with Gasteiger partial charge in [-0.1, -0.05) is 243 Å². The lowest BCUT2D eigenvalue weighted by Gasteiger charge is -2.41. The summed E-state index contributed by atoms with van der Waals surface area (Å²) < 4.78 is 17.5. The van der Waals surface area contributed by atoms with Crippen molar-refractivity contribution in [3.63, 3.8) is 0 Å². The van der Waals surface area contributed by atoms with Crippen LogP contribution in [0.5, 0.6) is 0 Å². The average molecular weight is 1060 g/mol. The molecule has 1 amide bonds. The lowest BCUT2D eigenvalue weighted by Crippen LogP contribution is -2.61. The highest BCUT2D eigenvalue weighted by Crippen LogP contribution is 2.26. The predicted octanol–water partition coefficient (Wildman–Crippen LogP) is 13.2. The number of hydrogen-bond acceptors (Lipinski definition) is 10. The minimum atomic E-state index is -1.66. The second-order valence-corrected chi connectivity index (χ2v) is 19.1. The van der Waals surface area contributed by atoms with Gasteiger partial charge in [0.2, 0.25) is 5.91 Å². The molecule has 11 heteroatoms. The number of amides is 1. The van der Waals surface area contributed by atoms with E-state index in [9.17, 15) is 35.1 Å². The van der Waals surface area contributed by atoms with Gasteiger partial charge in [-0.05, 0) is 77.0 Å². The predicted molar refractivity (Wildman–Crippen MR) is 314 cm³/mol. The molecule has 0 aromatic carbocycles. The Morgan fingerprint density at radius 3 is 1.53 bits per heavy atom. The molecule has 6 N–H and O–H groups in total. The first-order valence-corrected chi connectivity index (χ1v) is 28.8. The van der Waals surface area contributed by atoms with Crippen molar-refractivity contribution in [1.82, 2.24) is 5.32 Å². The highest BCUT2D eigenvalue weighted by Gasteiger charge is 2.47. The first-order valence-electron chi connectivity index (χ1n) is 28.8. The van der Waals surface area contributed by atoms with Crippen molar-refractivity contribution in [3.05, 3.63) is 158 Å². The Kier molecular flexibility index (Phi) is 46.6. The summed E-state index contributed by atoms with van der Waals surface area (Å²) in [5, 5.41) is 56.7. The Hall–Kier alpha value is -4.72. The van der Waals surface area contributed by atoms with Gasteiger partial charge in [0.1, 0.15) is 24.4 Å². The second kappa shape index (κ2) is 51.1. The summed E-state index contributed by atoms with van der Waals surface area (Å²) in [6.45, 7) is 5.42. The van der Waals surface area contributed by atoms with Gasteiger partial charge in [-0.25, -0.2) is 0 Å². The molecule has 1 saturated heterocycles. The quantitative estimate of drug-likeness (QED) is 0.0149. The average Bonchev–Trinajstić information content (AvgIpc) is 3.42. The summed E-state index contributed by atoms with van der Waals surface area (Å²) in [4.78, 5) is 26.4. The molecule has 0 saturated carbocycles. The number of rotatable bonds is 45. The van der Waals surface area contributed by atoms with E-state index in [2.05, 4.69) is 92.9 Å². The number of esters is 1. The van der Waals surface area contributed by atoms with Crippen LogP contribution in [-0.2, 0) is 23.8 Å². The Balaban J connectivity index is 2.83. The molecule has 0 radical (unpaired) electrons. The normalized spacial score (nSPS) is 20.3. The number of nitrogens with one attached hydrogen (secondary N) is 1. The largest absolute Gasteiger partial charge is 0.454 e. The van der Waals surface area contributed by atoms with E-state index in [0.29, 0.717) is 12.8 Å². The maximum absolute atomic E-state index is 13.4. The lowest BCUT2D eigenvalue weighted by molar-refractivity contribution is -0.305. The molecule has 76 heavy (non-hydrogen) atoms. The number of unbranched alkanes of at least 4 members (excludes halogenated alkanes) is 13. The molecule has 0 aromatic rings. The van der Waals surface area contributed by atoms with Gasteiger partial charge in [0, 0.05) is 12.8 Å². The standard InChI is InChI=1S/C65H101NO10/c1-4-7-10-13-16-19-22-25-27-29-31-32-34-37-40-43-46-49-52-58(69)64(73)66-56(57(68)51-48-45-42-39-36-24-21-18-15-12-9-6-3)55-74-65-63(62(72)61(71)59(54-67)75-65)76-60(70)53-50-47-44-41-38-35-33-30-28-26-23-20-17-14-11-8-5-2/h7-8,10-11,14,16-17,19-20,23,25-28,30-33,35,37-38,40,46,48-49,51,56-59,61-63,65,67-69,71-72H,4-6,9,12-13,15,18,21-22,24,29,34,36,39,41-45,47,50,52-55H2,1-3H3,(H,66,73)/b10-7-,11-8-,17-14+,19-16-,23-20+,27-25-,28-26-,32-31-,33-30+,38-35+,40-37-,49-46-,51-48+. The summed E-state index contributed by atoms with van der Waals surface area (Å²) in [6, 6.07) is -1.09. The van der Waals surface area contributed by atoms with Crippen LogP contribution < -0.4 is 5.32 Å². The molecule has 0 aromatic heterocycles. The number of carbonyl (C=O) groups excluding carboxylic acids is 2. The van der Waals surface area contributed by atoms with E-state index in [1.807, 2.05) is 79.0 Å². The molecule has 1 heterocycles. The van der Waals surface area contributed by atoms with Crippen LogP contribution in [0.1, 0.15) is 175 Å². The van der Waals surface area contributed by atoms with E-state index in [1.54, 1.807) is 12.2 Å². The summed E-state index contributed by atoms with van der Waals surface area (Å²) >= 11 is 0. The monoisotopic (exact) mass is 1060 g/mol. The van der Waals surface area contributed by atoms with Gasteiger partial charge in [-0.2, -0.15) is 0 Å². The molecular weight excluding hydrogens is 955 g/mol. The number of aliphatic hydroxyl groups is 5. The van der Waals surface area contributed by atoms with Crippen molar-refractivity contribution in [2.75, 3.05) is 13.2 Å². The minimum absolute atomic E-state index is 0.0431. The van der Waals surface area contributed by atoms with Crippen LogP contribution in [0.25, 0.3) is 0 Å². The van der Waals surface area contributed by atoms with Crippen molar-refractivity contribution in [3.8, 4) is 0 Å². The number of aliphatic hydroxyl groups excluding tert-OH is 5. The van der Waals surface area contributed by atoms with Crippen LogP contribution in [0.2, 0.25) is 0 Å². The zero-order valence-corrected chi connectivity index (χ0v) is 46.8. The van der Waals surface area contributed by atoms with E-state index < -0.39 is 67.4 Å². The Labute approximate surface area is 459 Å². The fourth-order valence-corrected chi connectivity index (χ4v) is 7.81. The van der Waals surface area contributed by atoms with Crippen LogP contribution in [0.15, 0.2) is 158 Å². The first kappa shape index (κ1) is 69.3. The molecule has 8 atom stereocenters. The van der Waals surface area contributed by atoms with Crippen LogP contribution >= 0.6 is 0 Å². The fraction of sp³-hybridized carbons (Fsp3) is 0.569. The van der Waals surface area contributed by atoms with Gasteiger partial charge in [0.05, 0.1) is 25.4 Å².